The van der Waals surface area contributed by atoms with Gasteiger partial charge in [0.25, 0.3) is 5.69 Å². The number of piperazine rings is 1. The number of nitrogens with one attached hydrogen (secondary N) is 1. The van der Waals surface area contributed by atoms with Crippen LogP contribution < -0.4 is 10.2 Å². The SMILES string of the molecule is O=C(CN1CCN(c2cc(F)ccc2[N+](=O)[O-])CC1)Nc1ccccc1Cl. The molecule has 0 saturated carbocycles. The van der Waals surface area contributed by atoms with Crippen LogP contribution in [0.25, 0.3) is 0 Å². The van der Waals surface area contributed by atoms with Crippen molar-refractivity contribution in [3.8, 4) is 0 Å². The van der Waals surface area contributed by atoms with Crippen LogP contribution in [0, 0.1) is 15.9 Å². The number of nitro groups is 1. The fourth-order valence-corrected chi connectivity index (χ4v) is 3.19. The first kappa shape index (κ1) is 19.1. The van der Waals surface area contributed by atoms with Crippen LogP contribution in [0.3, 0.4) is 0 Å². The zero-order valence-electron chi connectivity index (χ0n) is 14.4. The maximum Gasteiger partial charge on any atom is 0.292 e. The number of halogens is 2. The quantitative estimate of drug-likeness (QED) is 0.624. The molecule has 142 valence electrons. The maximum atomic E-state index is 13.5. The predicted octanol–water partition coefficient (Wildman–Crippen LogP) is 3.15. The Morgan fingerprint density at radius 1 is 1.19 bits per heavy atom. The minimum atomic E-state index is -0.517. The van der Waals surface area contributed by atoms with Crippen molar-refractivity contribution < 1.29 is 14.1 Å². The summed E-state index contributed by atoms with van der Waals surface area (Å²) < 4.78 is 13.5. The number of carbonyl (C=O) groups is 1. The second kappa shape index (κ2) is 8.32. The zero-order valence-corrected chi connectivity index (χ0v) is 15.2. The van der Waals surface area contributed by atoms with E-state index in [-0.39, 0.29) is 23.8 Å². The summed E-state index contributed by atoms with van der Waals surface area (Å²) in [6.07, 6.45) is 0. The van der Waals surface area contributed by atoms with Crippen LogP contribution in [0.2, 0.25) is 5.02 Å². The van der Waals surface area contributed by atoms with Crippen LogP contribution in [-0.2, 0) is 4.79 Å². The first-order valence-electron chi connectivity index (χ1n) is 8.39. The molecule has 2 aromatic rings. The second-order valence-electron chi connectivity index (χ2n) is 6.18. The van der Waals surface area contributed by atoms with Gasteiger partial charge in [0, 0.05) is 38.3 Å². The number of amides is 1. The van der Waals surface area contributed by atoms with Gasteiger partial charge in [0.05, 0.1) is 22.2 Å². The average Bonchev–Trinajstić information content (AvgIpc) is 2.64. The van der Waals surface area contributed by atoms with Crippen molar-refractivity contribution in [1.29, 1.82) is 0 Å². The lowest BCUT2D eigenvalue weighted by molar-refractivity contribution is -0.384. The van der Waals surface area contributed by atoms with E-state index in [1.54, 1.807) is 29.2 Å². The molecule has 1 N–H and O–H groups in total. The van der Waals surface area contributed by atoms with Crippen LogP contribution in [0.5, 0.6) is 0 Å². The molecule has 0 aromatic heterocycles. The summed E-state index contributed by atoms with van der Waals surface area (Å²) in [4.78, 5) is 26.6. The van der Waals surface area contributed by atoms with Crippen molar-refractivity contribution in [2.24, 2.45) is 0 Å². The number of rotatable bonds is 5. The van der Waals surface area contributed by atoms with Gasteiger partial charge in [-0.3, -0.25) is 19.8 Å². The topological polar surface area (TPSA) is 78.7 Å². The van der Waals surface area contributed by atoms with Crippen molar-refractivity contribution in [2.75, 3.05) is 42.9 Å². The molecule has 0 radical (unpaired) electrons. The molecule has 1 aliphatic heterocycles. The van der Waals surface area contributed by atoms with Crippen LogP contribution in [0.4, 0.5) is 21.5 Å². The highest BCUT2D eigenvalue weighted by Gasteiger charge is 2.25. The number of benzene rings is 2. The smallest absolute Gasteiger partial charge is 0.292 e. The predicted molar refractivity (Wildman–Crippen MR) is 102 cm³/mol. The third kappa shape index (κ3) is 4.72. The first-order valence-corrected chi connectivity index (χ1v) is 8.77. The van der Waals surface area contributed by atoms with E-state index in [9.17, 15) is 19.3 Å². The van der Waals surface area contributed by atoms with Gasteiger partial charge < -0.3 is 10.2 Å². The Hall–Kier alpha value is -2.71. The Morgan fingerprint density at radius 2 is 1.89 bits per heavy atom. The molecule has 7 nitrogen and oxygen atoms in total. The molecule has 1 aliphatic rings. The summed E-state index contributed by atoms with van der Waals surface area (Å²) in [7, 11) is 0. The number of para-hydroxylation sites is 1. The lowest BCUT2D eigenvalue weighted by Crippen LogP contribution is -2.48. The molecular weight excluding hydrogens is 375 g/mol. The molecule has 0 atom stereocenters. The van der Waals surface area contributed by atoms with Crippen molar-refractivity contribution in [3.05, 3.63) is 63.4 Å². The molecule has 1 saturated heterocycles. The largest absolute Gasteiger partial charge is 0.363 e. The van der Waals surface area contributed by atoms with E-state index in [1.165, 1.54) is 12.1 Å². The van der Waals surface area contributed by atoms with Crippen molar-refractivity contribution in [2.45, 2.75) is 0 Å². The Labute approximate surface area is 160 Å². The van der Waals surface area contributed by atoms with Crippen molar-refractivity contribution >= 4 is 34.6 Å². The molecule has 3 rings (SSSR count). The van der Waals surface area contributed by atoms with E-state index in [0.717, 1.165) is 6.07 Å². The third-order valence-electron chi connectivity index (χ3n) is 4.36. The molecule has 0 unspecified atom stereocenters. The number of hydrogen-bond acceptors (Lipinski definition) is 5. The number of anilines is 2. The number of carbonyl (C=O) groups excluding carboxylic acids is 1. The van der Waals surface area contributed by atoms with Crippen LogP contribution in [0.1, 0.15) is 0 Å². The van der Waals surface area contributed by atoms with Gasteiger partial charge >= 0.3 is 0 Å². The van der Waals surface area contributed by atoms with Gasteiger partial charge in [-0.2, -0.15) is 0 Å². The average molecular weight is 393 g/mol. The standard InChI is InChI=1S/C18H18ClFN4O3/c19-14-3-1-2-4-15(14)21-18(25)12-22-7-9-23(10-8-22)17-11-13(20)5-6-16(17)24(26)27/h1-6,11H,7-10,12H2,(H,21,25). The highest BCUT2D eigenvalue weighted by molar-refractivity contribution is 6.33. The van der Waals surface area contributed by atoms with E-state index < -0.39 is 10.7 Å². The summed E-state index contributed by atoms with van der Waals surface area (Å²) in [5, 5.41) is 14.4. The molecular formula is C18H18ClFN4O3. The monoisotopic (exact) mass is 392 g/mol. The molecule has 27 heavy (non-hydrogen) atoms. The Bertz CT molecular complexity index is 856. The van der Waals surface area contributed by atoms with E-state index in [0.29, 0.717) is 36.9 Å². The molecule has 0 aliphatic carbocycles. The minimum Gasteiger partial charge on any atom is -0.363 e. The normalized spacial score (nSPS) is 14.8. The van der Waals surface area contributed by atoms with E-state index in [4.69, 9.17) is 11.6 Å². The van der Waals surface area contributed by atoms with Gasteiger partial charge in [0.15, 0.2) is 0 Å². The molecule has 1 heterocycles. The molecule has 0 bridgehead atoms. The lowest BCUT2D eigenvalue weighted by Gasteiger charge is -2.35. The summed E-state index contributed by atoms with van der Waals surface area (Å²) in [6.45, 7) is 2.17. The molecule has 9 heteroatoms. The Kier molecular flexibility index (Phi) is 5.88. The van der Waals surface area contributed by atoms with Crippen LogP contribution in [-0.4, -0.2) is 48.5 Å². The number of nitrogens with zero attached hydrogens (tertiary/aromatic N) is 3. The van der Waals surface area contributed by atoms with Crippen molar-refractivity contribution in [1.82, 2.24) is 4.90 Å². The molecule has 1 amide bonds. The van der Waals surface area contributed by atoms with Crippen molar-refractivity contribution in [3.63, 3.8) is 0 Å². The number of hydrogen-bond donors (Lipinski definition) is 1. The summed E-state index contributed by atoms with van der Waals surface area (Å²) >= 11 is 6.03. The van der Waals surface area contributed by atoms with Gasteiger partial charge in [-0.1, -0.05) is 23.7 Å². The highest BCUT2D eigenvalue weighted by atomic mass is 35.5. The van der Waals surface area contributed by atoms with E-state index in [2.05, 4.69) is 5.32 Å². The van der Waals surface area contributed by atoms with Gasteiger partial charge in [-0.05, 0) is 18.2 Å². The van der Waals surface area contributed by atoms with E-state index >= 15 is 0 Å². The highest BCUT2D eigenvalue weighted by Crippen LogP contribution is 2.29. The first-order chi connectivity index (χ1) is 12.9. The van der Waals surface area contributed by atoms with Gasteiger partial charge in [-0.15, -0.1) is 0 Å². The van der Waals surface area contributed by atoms with Gasteiger partial charge in [0.2, 0.25) is 5.91 Å². The van der Waals surface area contributed by atoms with Crippen LogP contribution in [0.15, 0.2) is 42.5 Å². The third-order valence-corrected chi connectivity index (χ3v) is 4.69. The summed E-state index contributed by atoms with van der Waals surface area (Å²) in [6, 6.07) is 10.4. The van der Waals surface area contributed by atoms with Gasteiger partial charge in [0.1, 0.15) is 11.5 Å². The van der Waals surface area contributed by atoms with Crippen LogP contribution >= 0.6 is 11.6 Å². The minimum absolute atomic E-state index is 0.124. The second-order valence-corrected chi connectivity index (χ2v) is 6.59. The Balaban J connectivity index is 1.58. The fraction of sp³-hybridized carbons (Fsp3) is 0.278. The molecule has 2 aromatic carbocycles. The summed E-state index contributed by atoms with van der Waals surface area (Å²) in [5.74, 6) is -0.703. The maximum absolute atomic E-state index is 13.5. The Morgan fingerprint density at radius 3 is 2.56 bits per heavy atom. The molecule has 0 spiro atoms. The lowest BCUT2D eigenvalue weighted by atomic mass is 10.2. The molecule has 1 fully saturated rings. The van der Waals surface area contributed by atoms with E-state index in [1.807, 2.05) is 4.90 Å². The zero-order chi connectivity index (χ0) is 19.4. The summed E-state index contributed by atoms with van der Waals surface area (Å²) in [5.41, 5.74) is 0.694. The fourth-order valence-electron chi connectivity index (χ4n) is 3.01. The number of nitro benzene ring substituents is 1. The van der Waals surface area contributed by atoms with Gasteiger partial charge in [-0.25, -0.2) is 4.39 Å².